The predicted octanol–water partition coefficient (Wildman–Crippen LogP) is 6.86. The minimum atomic E-state index is -3.72. The van der Waals surface area contributed by atoms with Crippen LogP contribution in [0, 0.1) is 0 Å². The molecule has 0 aliphatic rings. The molecule has 0 saturated heterocycles. The summed E-state index contributed by atoms with van der Waals surface area (Å²) in [6, 6.07) is 10.9. The zero-order valence-corrected chi connectivity index (χ0v) is 16.5. The van der Waals surface area contributed by atoms with E-state index in [1.807, 2.05) is 0 Å². The second-order valence-corrected chi connectivity index (χ2v) is 9.46. The quantitative estimate of drug-likeness (QED) is 0.310. The van der Waals surface area contributed by atoms with E-state index >= 15 is 0 Å². The van der Waals surface area contributed by atoms with Gasteiger partial charge in [-0.3, -0.25) is 0 Å². The van der Waals surface area contributed by atoms with Crippen LogP contribution in [-0.2, 0) is 14.7 Å². The maximum Gasteiger partial charge on any atom is 0.317 e. The van der Waals surface area contributed by atoms with Gasteiger partial charge in [-0.15, -0.1) is 0 Å². The van der Waals surface area contributed by atoms with Crippen LogP contribution in [0.4, 0.5) is 0 Å². The average molecular weight is 381 g/mol. The van der Waals surface area contributed by atoms with Gasteiger partial charge in [0.15, 0.2) is 0 Å². The van der Waals surface area contributed by atoms with E-state index in [9.17, 15) is 0 Å². The van der Waals surface area contributed by atoms with Crippen LogP contribution < -0.4 is 0 Å². The monoisotopic (exact) mass is 380 g/mol. The maximum atomic E-state index is 9.16. The molecule has 1 rings (SSSR count). The number of benzene rings is 1. The number of halogens is 2. The van der Waals surface area contributed by atoms with Crippen molar-refractivity contribution in [1.29, 1.82) is 0 Å². The van der Waals surface area contributed by atoms with Crippen molar-refractivity contribution in [1.82, 2.24) is 0 Å². The van der Waals surface area contributed by atoms with Crippen LogP contribution in [0.15, 0.2) is 30.3 Å². The third-order valence-electron chi connectivity index (χ3n) is 3.66. The van der Waals surface area contributed by atoms with Crippen LogP contribution in [0.2, 0.25) is 0 Å². The van der Waals surface area contributed by atoms with Crippen molar-refractivity contribution < 1.29 is 8.42 Å². The van der Waals surface area contributed by atoms with Gasteiger partial charge < -0.3 is 0 Å². The topological polar surface area (TPSA) is 34.1 Å². The van der Waals surface area contributed by atoms with Gasteiger partial charge in [0, 0.05) is 21.4 Å². The van der Waals surface area contributed by atoms with Gasteiger partial charge >= 0.3 is 8.26 Å². The van der Waals surface area contributed by atoms with Gasteiger partial charge in [0.2, 0.25) is 0 Å². The van der Waals surface area contributed by atoms with E-state index in [4.69, 9.17) is 8.42 Å². The van der Waals surface area contributed by atoms with Crippen LogP contribution in [0.5, 0.6) is 0 Å². The largest absolute Gasteiger partial charge is 0.317 e. The molecule has 0 atom stereocenters. The zero-order chi connectivity index (χ0) is 17.4. The standard InChI is InChI=1S/C18H30.Cl2O2S/c1-2-3-4-5-6-7-8-9-10-12-15-18-16-13-11-14-17-18;1-5(2,3)4/h11,13-14,16-17H,2-10,12,15H2,1H3;. The number of unbranched alkanes of at least 4 members (excludes halogenated alkanes) is 9. The fraction of sp³-hybridized carbons (Fsp3) is 0.667. The Hall–Kier alpha value is -0.250. The van der Waals surface area contributed by atoms with E-state index < -0.39 is 8.26 Å². The van der Waals surface area contributed by atoms with Crippen molar-refractivity contribution in [3.63, 3.8) is 0 Å². The Morgan fingerprint density at radius 2 is 1.13 bits per heavy atom. The SMILES string of the molecule is CCCCCCCCCCCCc1ccccc1.O=S(=O)(Cl)Cl. The summed E-state index contributed by atoms with van der Waals surface area (Å²) >= 11 is 0. The van der Waals surface area contributed by atoms with Gasteiger partial charge in [0.25, 0.3) is 0 Å². The van der Waals surface area contributed by atoms with Crippen molar-refractivity contribution in [3.8, 4) is 0 Å². The average Bonchev–Trinajstić information content (AvgIpc) is 2.48. The molecular weight excluding hydrogens is 351 g/mol. The summed E-state index contributed by atoms with van der Waals surface area (Å²) in [7, 11) is 4.81. The second-order valence-electron chi connectivity index (χ2n) is 5.80. The van der Waals surface area contributed by atoms with Crippen molar-refractivity contribution >= 4 is 29.6 Å². The Bertz CT molecular complexity index is 453. The molecule has 0 N–H and O–H groups in total. The number of hydrogen-bond acceptors (Lipinski definition) is 2. The number of rotatable bonds is 11. The summed E-state index contributed by atoms with van der Waals surface area (Å²) in [5.74, 6) is 0. The first-order valence-electron chi connectivity index (χ1n) is 8.61. The molecule has 0 radical (unpaired) electrons. The van der Waals surface area contributed by atoms with Crippen LogP contribution in [-0.4, -0.2) is 8.42 Å². The fourth-order valence-electron chi connectivity index (χ4n) is 2.46. The van der Waals surface area contributed by atoms with Crippen molar-refractivity contribution in [2.24, 2.45) is 0 Å². The molecular formula is C18H30Cl2O2S. The molecule has 23 heavy (non-hydrogen) atoms. The summed E-state index contributed by atoms with van der Waals surface area (Å²) in [5, 5.41) is 0. The summed E-state index contributed by atoms with van der Waals surface area (Å²) < 4.78 is 18.3. The molecule has 2 nitrogen and oxygen atoms in total. The van der Waals surface area contributed by atoms with Crippen molar-refractivity contribution in [2.45, 2.75) is 77.6 Å². The Balaban J connectivity index is 0.000000841. The predicted molar refractivity (Wildman–Crippen MR) is 103 cm³/mol. The molecule has 0 bridgehead atoms. The van der Waals surface area contributed by atoms with E-state index in [1.165, 1.54) is 76.2 Å². The Morgan fingerprint density at radius 1 is 0.739 bits per heavy atom. The molecule has 0 heterocycles. The highest BCUT2D eigenvalue weighted by Crippen LogP contribution is 2.12. The fourth-order valence-corrected chi connectivity index (χ4v) is 2.46. The Labute approximate surface area is 151 Å². The Kier molecular flexibility index (Phi) is 15.1. The molecule has 0 aromatic heterocycles. The minimum Gasteiger partial charge on any atom is -0.195 e. The molecule has 0 aliphatic carbocycles. The summed E-state index contributed by atoms with van der Waals surface area (Å²) in [4.78, 5) is 0. The summed E-state index contributed by atoms with van der Waals surface area (Å²) in [5.41, 5.74) is 1.50. The second kappa shape index (κ2) is 15.3. The van der Waals surface area contributed by atoms with Gasteiger partial charge in [-0.05, 0) is 18.4 Å². The lowest BCUT2D eigenvalue weighted by Crippen LogP contribution is -1.86. The molecule has 0 unspecified atom stereocenters. The lowest BCUT2D eigenvalue weighted by Gasteiger charge is -2.03. The lowest BCUT2D eigenvalue weighted by atomic mass is 10.0. The van der Waals surface area contributed by atoms with E-state index in [-0.39, 0.29) is 0 Å². The van der Waals surface area contributed by atoms with E-state index in [1.54, 1.807) is 0 Å². The van der Waals surface area contributed by atoms with E-state index in [0.29, 0.717) is 0 Å². The minimum absolute atomic E-state index is 1.26. The van der Waals surface area contributed by atoms with Crippen LogP contribution in [0.3, 0.4) is 0 Å². The Morgan fingerprint density at radius 3 is 1.57 bits per heavy atom. The van der Waals surface area contributed by atoms with Gasteiger partial charge in [-0.25, -0.2) is 0 Å². The third-order valence-corrected chi connectivity index (χ3v) is 3.66. The highest BCUT2D eigenvalue weighted by Gasteiger charge is 1.94. The third kappa shape index (κ3) is 21.8. The van der Waals surface area contributed by atoms with Crippen molar-refractivity contribution in [3.05, 3.63) is 35.9 Å². The first-order valence-corrected chi connectivity index (χ1v) is 11.7. The molecule has 1 aromatic carbocycles. The lowest BCUT2D eigenvalue weighted by molar-refractivity contribution is 0.556. The van der Waals surface area contributed by atoms with Crippen LogP contribution in [0.25, 0.3) is 0 Å². The van der Waals surface area contributed by atoms with Gasteiger partial charge in [0.1, 0.15) is 0 Å². The van der Waals surface area contributed by atoms with Crippen LogP contribution in [0.1, 0.15) is 76.7 Å². The van der Waals surface area contributed by atoms with E-state index in [0.717, 1.165) is 0 Å². The van der Waals surface area contributed by atoms with Gasteiger partial charge in [-0.1, -0.05) is 95.0 Å². The maximum absolute atomic E-state index is 9.16. The first kappa shape index (κ1) is 22.8. The number of hydrogen-bond donors (Lipinski definition) is 0. The molecule has 1 aromatic rings. The van der Waals surface area contributed by atoms with Gasteiger partial charge in [0.05, 0.1) is 0 Å². The molecule has 0 amide bonds. The molecule has 134 valence electrons. The molecule has 5 heteroatoms. The molecule has 0 spiro atoms. The highest BCUT2D eigenvalue weighted by atomic mass is 36.0. The first-order chi connectivity index (χ1) is 10.9. The number of aryl methyl sites for hydroxylation is 1. The molecule has 0 aliphatic heterocycles. The van der Waals surface area contributed by atoms with E-state index in [2.05, 4.69) is 58.6 Å². The summed E-state index contributed by atoms with van der Waals surface area (Å²) in [6.45, 7) is 2.28. The summed E-state index contributed by atoms with van der Waals surface area (Å²) in [6.07, 6.45) is 15.5. The highest BCUT2D eigenvalue weighted by molar-refractivity contribution is 8.31. The molecule has 0 saturated carbocycles. The zero-order valence-electron chi connectivity index (χ0n) is 14.1. The molecule has 0 fully saturated rings. The van der Waals surface area contributed by atoms with Crippen molar-refractivity contribution in [2.75, 3.05) is 0 Å². The normalized spacial score (nSPS) is 10.9. The van der Waals surface area contributed by atoms with Gasteiger partial charge in [-0.2, -0.15) is 8.42 Å². The van der Waals surface area contributed by atoms with Crippen LogP contribution >= 0.6 is 21.4 Å². The smallest absolute Gasteiger partial charge is 0.195 e.